The zero-order valence-corrected chi connectivity index (χ0v) is 15.2. The standard InChI is InChI=1S/C22H19NO5/c1-14(24)28-18-11-9-16(10-12-18)21(25)23-20(22(26)27)13-17-7-4-6-15-5-2-3-8-19(15)17/h2-12,20H,13H2,1H3,(H,23,25)(H,26,27)/t20-/m0/s1. The summed E-state index contributed by atoms with van der Waals surface area (Å²) in [4.78, 5) is 35.1. The molecule has 0 bridgehead atoms. The van der Waals surface area contributed by atoms with Crippen molar-refractivity contribution in [2.45, 2.75) is 19.4 Å². The number of benzene rings is 3. The van der Waals surface area contributed by atoms with Gasteiger partial charge in [0.2, 0.25) is 0 Å². The number of hydrogen-bond acceptors (Lipinski definition) is 4. The fourth-order valence-electron chi connectivity index (χ4n) is 2.97. The van der Waals surface area contributed by atoms with Crippen molar-refractivity contribution >= 4 is 28.6 Å². The van der Waals surface area contributed by atoms with Crippen LogP contribution in [0.15, 0.2) is 66.7 Å². The number of carbonyl (C=O) groups excluding carboxylic acids is 2. The molecule has 1 atom stereocenters. The van der Waals surface area contributed by atoms with Crippen LogP contribution in [0.25, 0.3) is 10.8 Å². The summed E-state index contributed by atoms with van der Waals surface area (Å²) in [5.41, 5.74) is 1.12. The molecule has 0 aromatic heterocycles. The first-order chi connectivity index (χ1) is 13.4. The lowest BCUT2D eigenvalue weighted by molar-refractivity contribution is -0.139. The maximum absolute atomic E-state index is 12.5. The predicted octanol–water partition coefficient (Wildman–Crippen LogP) is 3.19. The molecule has 0 unspecified atom stereocenters. The predicted molar refractivity (Wildman–Crippen MR) is 104 cm³/mol. The lowest BCUT2D eigenvalue weighted by Crippen LogP contribution is -2.42. The molecule has 0 radical (unpaired) electrons. The van der Waals surface area contributed by atoms with Crippen molar-refractivity contribution in [1.29, 1.82) is 0 Å². The Morgan fingerprint density at radius 1 is 0.964 bits per heavy atom. The van der Waals surface area contributed by atoms with Gasteiger partial charge in [-0.1, -0.05) is 42.5 Å². The lowest BCUT2D eigenvalue weighted by atomic mass is 9.98. The van der Waals surface area contributed by atoms with Gasteiger partial charge < -0.3 is 15.2 Å². The van der Waals surface area contributed by atoms with E-state index in [0.29, 0.717) is 5.75 Å². The normalized spacial score (nSPS) is 11.6. The Balaban J connectivity index is 1.76. The number of amides is 1. The second-order valence-electron chi connectivity index (χ2n) is 6.32. The highest BCUT2D eigenvalue weighted by molar-refractivity contribution is 5.97. The van der Waals surface area contributed by atoms with Gasteiger partial charge in [-0.05, 0) is 40.6 Å². The van der Waals surface area contributed by atoms with Gasteiger partial charge in [0, 0.05) is 18.9 Å². The molecule has 0 saturated carbocycles. The third kappa shape index (κ3) is 4.54. The Labute approximate surface area is 161 Å². The van der Waals surface area contributed by atoms with Crippen molar-refractivity contribution in [3.05, 3.63) is 77.9 Å². The number of carboxylic acids is 1. The summed E-state index contributed by atoms with van der Waals surface area (Å²) >= 11 is 0. The highest BCUT2D eigenvalue weighted by Gasteiger charge is 2.22. The van der Waals surface area contributed by atoms with E-state index in [0.717, 1.165) is 16.3 Å². The molecule has 3 rings (SSSR count). The van der Waals surface area contributed by atoms with Crippen LogP contribution in [-0.2, 0) is 16.0 Å². The minimum Gasteiger partial charge on any atom is -0.480 e. The van der Waals surface area contributed by atoms with E-state index in [4.69, 9.17) is 4.74 Å². The van der Waals surface area contributed by atoms with E-state index in [-0.39, 0.29) is 12.0 Å². The molecule has 0 saturated heterocycles. The van der Waals surface area contributed by atoms with Gasteiger partial charge in [-0.15, -0.1) is 0 Å². The molecule has 142 valence electrons. The summed E-state index contributed by atoms with van der Waals surface area (Å²) in [6.45, 7) is 1.28. The van der Waals surface area contributed by atoms with E-state index < -0.39 is 23.9 Å². The number of fused-ring (bicyclic) bond motifs is 1. The summed E-state index contributed by atoms with van der Waals surface area (Å²) in [6, 6.07) is 18.2. The lowest BCUT2D eigenvalue weighted by Gasteiger charge is -2.16. The van der Waals surface area contributed by atoms with Gasteiger partial charge >= 0.3 is 11.9 Å². The molecular weight excluding hydrogens is 358 g/mol. The molecule has 6 heteroatoms. The first kappa shape index (κ1) is 19.1. The van der Waals surface area contributed by atoms with Gasteiger partial charge in [0.1, 0.15) is 11.8 Å². The van der Waals surface area contributed by atoms with E-state index in [1.54, 1.807) is 0 Å². The summed E-state index contributed by atoms with van der Waals surface area (Å²) in [7, 11) is 0. The van der Waals surface area contributed by atoms with Gasteiger partial charge in [0.25, 0.3) is 5.91 Å². The van der Waals surface area contributed by atoms with Crippen LogP contribution in [0.4, 0.5) is 0 Å². The quantitative estimate of drug-likeness (QED) is 0.508. The highest BCUT2D eigenvalue weighted by atomic mass is 16.5. The van der Waals surface area contributed by atoms with E-state index in [1.807, 2.05) is 42.5 Å². The molecule has 2 N–H and O–H groups in total. The second kappa shape index (κ2) is 8.35. The van der Waals surface area contributed by atoms with E-state index >= 15 is 0 Å². The SMILES string of the molecule is CC(=O)Oc1ccc(C(=O)N[C@@H](Cc2cccc3ccccc23)C(=O)O)cc1. The Kier molecular flexibility index (Phi) is 5.69. The molecule has 0 aliphatic heterocycles. The topological polar surface area (TPSA) is 92.7 Å². The molecule has 0 spiro atoms. The summed E-state index contributed by atoms with van der Waals surface area (Å²) in [5, 5.41) is 14.1. The number of hydrogen-bond donors (Lipinski definition) is 2. The van der Waals surface area contributed by atoms with Gasteiger partial charge in [0.15, 0.2) is 0 Å². The van der Waals surface area contributed by atoms with E-state index in [1.165, 1.54) is 31.2 Å². The molecule has 0 aliphatic carbocycles. The number of esters is 1. The fourth-order valence-corrected chi connectivity index (χ4v) is 2.97. The molecule has 0 fully saturated rings. The zero-order chi connectivity index (χ0) is 20.1. The van der Waals surface area contributed by atoms with Crippen LogP contribution in [0.1, 0.15) is 22.8 Å². The minimum absolute atomic E-state index is 0.161. The van der Waals surface area contributed by atoms with E-state index in [2.05, 4.69) is 5.32 Å². The van der Waals surface area contributed by atoms with Crippen LogP contribution < -0.4 is 10.1 Å². The number of nitrogens with one attached hydrogen (secondary N) is 1. The van der Waals surface area contributed by atoms with Crippen LogP contribution in [0, 0.1) is 0 Å². The van der Waals surface area contributed by atoms with Crippen LogP contribution in [-0.4, -0.2) is 29.0 Å². The van der Waals surface area contributed by atoms with Crippen LogP contribution in [0.3, 0.4) is 0 Å². The number of carboxylic acid groups (broad SMARTS) is 1. The number of carbonyl (C=O) groups is 3. The van der Waals surface area contributed by atoms with Crippen LogP contribution in [0.2, 0.25) is 0 Å². The Morgan fingerprint density at radius 2 is 1.64 bits per heavy atom. The molecule has 28 heavy (non-hydrogen) atoms. The minimum atomic E-state index is -1.11. The van der Waals surface area contributed by atoms with Crippen molar-refractivity contribution in [2.75, 3.05) is 0 Å². The molecular formula is C22H19NO5. The monoisotopic (exact) mass is 377 g/mol. The van der Waals surface area contributed by atoms with Crippen molar-refractivity contribution in [2.24, 2.45) is 0 Å². The third-order valence-electron chi connectivity index (χ3n) is 4.29. The second-order valence-corrected chi connectivity index (χ2v) is 6.32. The maximum atomic E-state index is 12.5. The van der Waals surface area contributed by atoms with Gasteiger partial charge in [-0.2, -0.15) is 0 Å². The van der Waals surface area contributed by atoms with Crippen molar-refractivity contribution in [1.82, 2.24) is 5.32 Å². The average Bonchev–Trinajstić information content (AvgIpc) is 2.67. The molecule has 1 amide bonds. The third-order valence-corrected chi connectivity index (χ3v) is 4.29. The van der Waals surface area contributed by atoms with Gasteiger partial charge in [-0.25, -0.2) is 4.79 Å². The molecule has 3 aromatic rings. The Morgan fingerprint density at radius 3 is 2.32 bits per heavy atom. The largest absolute Gasteiger partial charge is 0.480 e. The highest BCUT2D eigenvalue weighted by Crippen LogP contribution is 2.20. The van der Waals surface area contributed by atoms with E-state index in [9.17, 15) is 19.5 Å². The fraction of sp³-hybridized carbons (Fsp3) is 0.136. The van der Waals surface area contributed by atoms with Gasteiger partial charge in [-0.3, -0.25) is 9.59 Å². The number of rotatable bonds is 6. The summed E-state index contributed by atoms with van der Waals surface area (Å²) in [5.74, 6) is -1.77. The Bertz CT molecular complexity index is 1020. The average molecular weight is 377 g/mol. The van der Waals surface area contributed by atoms with Crippen molar-refractivity contribution in [3.8, 4) is 5.75 Å². The van der Waals surface area contributed by atoms with Crippen molar-refractivity contribution in [3.63, 3.8) is 0 Å². The first-order valence-corrected chi connectivity index (χ1v) is 8.73. The molecule has 0 heterocycles. The van der Waals surface area contributed by atoms with Gasteiger partial charge in [0.05, 0.1) is 0 Å². The van der Waals surface area contributed by atoms with Crippen LogP contribution >= 0.6 is 0 Å². The maximum Gasteiger partial charge on any atom is 0.326 e. The van der Waals surface area contributed by atoms with Crippen molar-refractivity contribution < 1.29 is 24.2 Å². The number of aliphatic carboxylic acids is 1. The summed E-state index contributed by atoms with van der Waals surface area (Å²) in [6.07, 6.45) is 0.161. The smallest absolute Gasteiger partial charge is 0.326 e. The number of ether oxygens (including phenoxy) is 1. The zero-order valence-electron chi connectivity index (χ0n) is 15.2. The molecule has 3 aromatic carbocycles. The summed E-state index contributed by atoms with van der Waals surface area (Å²) < 4.78 is 4.92. The molecule has 0 aliphatic rings. The first-order valence-electron chi connectivity index (χ1n) is 8.73. The Hall–Kier alpha value is -3.67. The molecule has 6 nitrogen and oxygen atoms in total. The van der Waals surface area contributed by atoms with Crippen LogP contribution in [0.5, 0.6) is 5.75 Å².